The number of aliphatic hydroxyl groups excluding tert-OH is 1. The first-order valence-electron chi connectivity index (χ1n) is 12.6. The fourth-order valence-electron chi connectivity index (χ4n) is 4.61. The molecule has 0 fully saturated rings. The predicted octanol–water partition coefficient (Wildman–Crippen LogP) is 5.58. The van der Waals surface area contributed by atoms with Crippen molar-refractivity contribution in [1.29, 1.82) is 0 Å². The van der Waals surface area contributed by atoms with E-state index in [1.54, 1.807) is 34.9 Å². The van der Waals surface area contributed by atoms with E-state index in [0.29, 0.717) is 27.3 Å². The molecule has 1 amide bonds. The number of carbonyl (C=O) groups excluding carboxylic acids is 1. The molecule has 0 aliphatic rings. The maximum Gasteiger partial charge on any atom is 0.261 e. The van der Waals surface area contributed by atoms with Gasteiger partial charge in [0.2, 0.25) is 0 Å². The number of benzene rings is 3. The van der Waals surface area contributed by atoms with E-state index >= 15 is 0 Å². The average Bonchev–Trinajstić information content (AvgIpc) is 2.90. The summed E-state index contributed by atoms with van der Waals surface area (Å²) < 4.78 is 16.3. The SMILES string of the molecule is Cc1ccc(C(=O)N(CC(F)CO)C(c2nc3cc(Cl)ccc3c(=O)n2Cc2ccccc2)C(C)C)cc1. The quantitative estimate of drug-likeness (QED) is 0.304. The summed E-state index contributed by atoms with van der Waals surface area (Å²) in [5.41, 5.74) is 2.36. The molecular formula is C30H31ClFN3O3. The molecule has 6 nitrogen and oxygen atoms in total. The van der Waals surface area contributed by atoms with E-state index < -0.39 is 24.7 Å². The van der Waals surface area contributed by atoms with Crippen LogP contribution in [0.3, 0.4) is 0 Å². The largest absolute Gasteiger partial charge is 0.393 e. The van der Waals surface area contributed by atoms with E-state index in [-0.39, 0.29) is 24.6 Å². The summed E-state index contributed by atoms with van der Waals surface area (Å²) in [7, 11) is 0. The van der Waals surface area contributed by atoms with Gasteiger partial charge < -0.3 is 10.0 Å². The second kappa shape index (κ2) is 11.9. The van der Waals surface area contributed by atoms with Crippen molar-refractivity contribution in [3.63, 3.8) is 0 Å². The smallest absolute Gasteiger partial charge is 0.261 e. The Bertz CT molecular complexity index is 1470. The third-order valence-corrected chi connectivity index (χ3v) is 6.75. The first-order valence-corrected chi connectivity index (χ1v) is 12.9. The standard InChI is InChI=1S/C30H31ClFN3O3/c1-19(2)27(34(17-24(32)18-36)29(37)22-11-9-20(3)10-12-22)28-33-26-15-23(31)13-14-25(26)30(38)35(28)16-21-7-5-4-6-8-21/h4-15,19,24,27,36H,16-18H2,1-3H3. The minimum absolute atomic E-state index is 0.218. The molecule has 0 radical (unpaired) electrons. The van der Waals surface area contributed by atoms with Gasteiger partial charge in [0.1, 0.15) is 12.0 Å². The van der Waals surface area contributed by atoms with Crippen molar-refractivity contribution >= 4 is 28.4 Å². The number of hydrogen-bond acceptors (Lipinski definition) is 4. The number of alkyl halides is 1. The zero-order chi connectivity index (χ0) is 27.4. The molecule has 0 aliphatic heterocycles. The molecule has 8 heteroatoms. The molecule has 2 atom stereocenters. The van der Waals surface area contributed by atoms with Gasteiger partial charge in [0.25, 0.3) is 11.5 Å². The van der Waals surface area contributed by atoms with Crippen LogP contribution in [-0.2, 0) is 6.54 Å². The number of carbonyl (C=O) groups is 1. The van der Waals surface area contributed by atoms with Gasteiger partial charge in [-0.25, -0.2) is 9.37 Å². The van der Waals surface area contributed by atoms with E-state index in [9.17, 15) is 19.1 Å². The summed E-state index contributed by atoms with van der Waals surface area (Å²) in [6.07, 6.45) is -1.67. The van der Waals surface area contributed by atoms with Crippen LogP contribution in [0.25, 0.3) is 10.9 Å². The molecule has 2 unspecified atom stereocenters. The van der Waals surface area contributed by atoms with E-state index in [4.69, 9.17) is 16.6 Å². The highest BCUT2D eigenvalue weighted by atomic mass is 35.5. The Labute approximate surface area is 226 Å². The van der Waals surface area contributed by atoms with E-state index in [0.717, 1.165) is 11.1 Å². The third kappa shape index (κ3) is 5.95. The third-order valence-electron chi connectivity index (χ3n) is 6.51. The number of nitrogens with zero attached hydrogens (tertiary/aromatic N) is 3. The zero-order valence-corrected chi connectivity index (χ0v) is 22.4. The van der Waals surface area contributed by atoms with Crippen LogP contribution in [0.15, 0.2) is 77.6 Å². The Morgan fingerprint density at radius 2 is 1.76 bits per heavy atom. The Balaban J connectivity index is 1.95. The lowest BCUT2D eigenvalue weighted by atomic mass is 9.98. The van der Waals surface area contributed by atoms with E-state index in [2.05, 4.69) is 0 Å². The topological polar surface area (TPSA) is 75.4 Å². The number of aromatic nitrogens is 2. The van der Waals surface area contributed by atoms with E-state index in [1.807, 2.05) is 63.2 Å². The molecule has 4 rings (SSSR count). The van der Waals surface area contributed by atoms with Crippen LogP contribution in [-0.4, -0.2) is 44.8 Å². The number of halogens is 2. The van der Waals surface area contributed by atoms with Crippen molar-refractivity contribution in [3.8, 4) is 0 Å². The first-order chi connectivity index (χ1) is 18.2. The van der Waals surface area contributed by atoms with Gasteiger partial charge >= 0.3 is 0 Å². The van der Waals surface area contributed by atoms with Crippen LogP contribution in [0, 0.1) is 12.8 Å². The zero-order valence-electron chi connectivity index (χ0n) is 21.6. The number of hydrogen-bond donors (Lipinski definition) is 1. The van der Waals surface area contributed by atoms with Gasteiger partial charge in [-0.1, -0.05) is 73.5 Å². The molecule has 3 aromatic carbocycles. The number of rotatable bonds is 9. The number of aryl methyl sites for hydroxylation is 1. The lowest BCUT2D eigenvalue weighted by Gasteiger charge is -2.36. The minimum atomic E-state index is -1.67. The second-order valence-electron chi connectivity index (χ2n) is 9.80. The fraction of sp³-hybridized carbons (Fsp3) is 0.300. The highest BCUT2D eigenvalue weighted by molar-refractivity contribution is 6.31. The molecule has 1 aromatic heterocycles. The highest BCUT2D eigenvalue weighted by Gasteiger charge is 2.34. The maximum atomic E-state index is 14.7. The molecule has 0 spiro atoms. The van der Waals surface area contributed by atoms with Crippen LogP contribution >= 0.6 is 11.6 Å². The normalized spacial score (nSPS) is 13.0. The molecule has 198 valence electrons. The van der Waals surface area contributed by atoms with Gasteiger partial charge in [-0.15, -0.1) is 0 Å². The fourth-order valence-corrected chi connectivity index (χ4v) is 4.78. The summed E-state index contributed by atoms with van der Waals surface area (Å²) in [5.74, 6) is -0.332. The Morgan fingerprint density at radius 1 is 1.08 bits per heavy atom. The molecule has 38 heavy (non-hydrogen) atoms. The Hall–Kier alpha value is -3.55. The molecule has 0 aliphatic carbocycles. The van der Waals surface area contributed by atoms with E-state index in [1.165, 1.54) is 4.90 Å². The minimum Gasteiger partial charge on any atom is -0.393 e. The van der Waals surface area contributed by atoms with Crippen LogP contribution < -0.4 is 5.56 Å². The Morgan fingerprint density at radius 3 is 2.39 bits per heavy atom. The van der Waals surface area contributed by atoms with Gasteiger partial charge in [-0.2, -0.15) is 0 Å². The summed E-state index contributed by atoms with van der Waals surface area (Å²) in [6.45, 7) is 4.83. The summed E-state index contributed by atoms with van der Waals surface area (Å²) in [4.78, 5) is 33.9. The van der Waals surface area contributed by atoms with Crippen molar-refractivity contribution in [3.05, 3.63) is 111 Å². The van der Waals surface area contributed by atoms with Crippen LogP contribution in [0.4, 0.5) is 4.39 Å². The van der Waals surface area contributed by atoms with Gasteiger partial charge in [0, 0.05) is 10.6 Å². The van der Waals surface area contributed by atoms with Crippen molar-refractivity contribution in [2.45, 2.75) is 39.5 Å². The maximum absolute atomic E-state index is 14.7. The molecule has 0 bridgehead atoms. The second-order valence-corrected chi connectivity index (χ2v) is 10.2. The van der Waals surface area contributed by atoms with Crippen molar-refractivity contribution < 1.29 is 14.3 Å². The van der Waals surface area contributed by atoms with Crippen LogP contribution in [0.2, 0.25) is 5.02 Å². The number of fused-ring (bicyclic) bond motifs is 1. The molecule has 1 heterocycles. The van der Waals surface area contributed by atoms with Crippen LogP contribution in [0.5, 0.6) is 0 Å². The van der Waals surface area contributed by atoms with Gasteiger partial charge in [0.15, 0.2) is 0 Å². The molecule has 4 aromatic rings. The van der Waals surface area contributed by atoms with Gasteiger partial charge in [-0.3, -0.25) is 14.2 Å². The monoisotopic (exact) mass is 535 g/mol. The van der Waals surface area contributed by atoms with Crippen molar-refractivity contribution in [1.82, 2.24) is 14.5 Å². The molecule has 0 saturated carbocycles. The number of aliphatic hydroxyl groups is 1. The molecular weight excluding hydrogens is 505 g/mol. The molecule has 0 saturated heterocycles. The average molecular weight is 536 g/mol. The summed E-state index contributed by atoms with van der Waals surface area (Å²) >= 11 is 6.24. The first kappa shape index (κ1) is 27.5. The lowest BCUT2D eigenvalue weighted by molar-refractivity contribution is 0.0469. The highest BCUT2D eigenvalue weighted by Crippen LogP contribution is 2.31. The van der Waals surface area contributed by atoms with Gasteiger partial charge in [-0.05, 0) is 48.7 Å². The number of amides is 1. The lowest BCUT2D eigenvalue weighted by Crippen LogP contribution is -2.44. The van der Waals surface area contributed by atoms with Gasteiger partial charge in [0.05, 0.1) is 36.6 Å². The summed E-state index contributed by atoms with van der Waals surface area (Å²) in [6, 6.07) is 20.6. The van der Waals surface area contributed by atoms with Crippen molar-refractivity contribution in [2.75, 3.05) is 13.2 Å². The molecule has 1 N–H and O–H groups in total. The summed E-state index contributed by atoms with van der Waals surface area (Å²) in [5, 5.41) is 10.4. The predicted molar refractivity (Wildman–Crippen MR) is 148 cm³/mol. The Kier molecular flexibility index (Phi) is 8.59. The van der Waals surface area contributed by atoms with Crippen molar-refractivity contribution in [2.24, 2.45) is 5.92 Å². The van der Waals surface area contributed by atoms with Crippen LogP contribution in [0.1, 0.15) is 47.2 Å².